The van der Waals surface area contributed by atoms with Crippen molar-refractivity contribution < 1.29 is 24.0 Å². The SMILES string of the molecule is COc1ccc([N+](=O)[O-])cc1NC(=O)[C@H](C)OC(=O)c1ccsc1. The van der Waals surface area contributed by atoms with Crippen LogP contribution in [0.25, 0.3) is 0 Å². The normalized spacial score (nSPS) is 11.4. The number of nitrogens with zero attached hydrogens (tertiary/aromatic N) is 1. The number of carbonyl (C=O) groups is 2. The number of nitrogens with one attached hydrogen (secondary N) is 1. The number of hydrogen-bond donors (Lipinski definition) is 1. The maximum Gasteiger partial charge on any atom is 0.339 e. The van der Waals surface area contributed by atoms with E-state index >= 15 is 0 Å². The Hall–Kier alpha value is -2.94. The predicted molar refractivity (Wildman–Crippen MR) is 87.5 cm³/mol. The summed E-state index contributed by atoms with van der Waals surface area (Å²) in [6.07, 6.45) is -1.08. The van der Waals surface area contributed by atoms with Crippen molar-refractivity contribution >= 4 is 34.6 Å². The van der Waals surface area contributed by atoms with Crippen LogP contribution in [0.5, 0.6) is 5.75 Å². The van der Waals surface area contributed by atoms with Crippen LogP contribution in [-0.4, -0.2) is 30.0 Å². The van der Waals surface area contributed by atoms with Crippen molar-refractivity contribution in [3.63, 3.8) is 0 Å². The standard InChI is InChI=1S/C15H14N2O6S/c1-9(23-15(19)10-5-6-24-8-10)14(18)16-12-7-11(17(20)21)3-4-13(12)22-2/h3-9H,1-2H3,(H,16,18)/t9-/m0/s1. The number of hydrogen-bond acceptors (Lipinski definition) is 7. The van der Waals surface area contributed by atoms with E-state index < -0.39 is 22.9 Å². The lowest BCUT2D eigenvalue weighted by Gasteiger charge is -2.14. The van der Waals surface area contributed by atoms with Gasteiger partial charge >= 0.3 is 5.97 Å². The average Bonchev–Trinajstić information content (AvgIpc) is 3.09. The highest BCUT2D eigenvalue weighted by Gasteiger charge is 2.21. The molecule has 0 saturated heterocycles. The number of benzene rings is 1. The Morgan fingerprint density at radius 1 is 1.33 bits per heavy atom. The summed E-state index contributed by atoms with van der Waals surface area (Å²) in [6, 6.07) is 5.38. The highest BCUT2D eigenvalue weighted by Crippen LogP contribution is 2.29. The van der Waals surface area contributed by atoms with Gasteiger partial charge in [-0.2, -0.15) is 11.3 Å². The minimum atomic E-state index is -1.08. The summed E-state index contributed by atoms with van der Waals surface area (Å²) in [7, 11) is 1.37. The van der Waals surface area contributed by atoms with Gasteiger partial charge in [0, 0.05) is 17.5 Å². The van der Waals surface area contributed by atoms with Gasteiger partial charge in [0.25, 0.3) is 11.6 Å². The molecule has 0 aliphatic carbocycles. The lowest BCUT2D eigenvalue weighted by Crippen LogP contribution is -2.30. The molecule has 0 saturated carbocycles. The van der Waals surface area contributed by atoms with E-state index in [0.29, 0.717) is 5.56 Å². The van der Waals surface area contributed by atoms with Crippen LogP contribution < -0.4 is 10.1 Å². The van der Waals surface area contributed by atoms with Crippen molar-refractivity contribution in [2.75, 3.05) is 12.4 Å². The first-order valence-electron chi connectivity index (χ1n) is 6.79. The lowest BCUT2D eigenvalue weighted by molar-refractivity contribution is -0.384. The van der Waals surface area contributed by atoms with Crippen LogP contribution in [0.4, 0.5) is 11.4 Å². The highest BCUT2D eigenvalue weighted by molar-refractivity contribution is 7.08. The second-order valence-corrected chi connectivity index (χ2v) is 5.47. The summed E-state index contributed by atoms with van der Waals surface area (Å²) in [4.78, 5) is 34.2. The molecule has 1 amide bonds. The zero-order valence-electron chi connectivity index (χ0n) is 12.8. The first-order chi connectivity index (χ1) is 11.4. The van der Waals surface area contributed by atoms with E-state index in [1.165, 1.54) is 43.6 Å². The molecule has 1 aromatic heterocycles. The molecular weight excluding hydrogens is 336 g/mol. The Labute approximate surface area is 141 Å². The number of anilines is 1. The van der Waals surface area contributed by atoms with E-state index in [2.05, 4.69) is 5.32 Å². The number of carbonyl (C=O) groups excluding carboxylic acids is 2. The van der Waals surface area contributed by atoms with Gasteiger partial charge in [-0.05, 0) is 24.4 Å². The zero-order valence-corrected chi connectivity index (χ0v) is 13.7. The largest absolute Gasteiger partial charge is 0.495 e. The summed E-state index contributed by atoms with van der Waals surface area (Å²) < 4.78 is 10.1. The number of amides is 1. The number of esters is 1. The average molecular weight is 350 g/mol. The molecule has 0 aliphatic heterocycles. The number of rotatable bonds is 6. The molecule has 1 N–H and O–H groups in total. The second kappa shape index (κ2) is 7.55. The molecule has 2 aromatic rings. The number of nitro groups is 1. The Morgan fingerprint density at radius 2 is 2.08 bits per heavy atom. The fraction of sp³-hybridized carbons (Fsp3) is 0.200. The summed E-state index contributed by atoms with van der Waals surface area (Å²) >= 11 is 1.33. The van der Waals surface area contributed by atoms with E-state index in [1.807, 2.05) is 0 Å². The molecule has 0 radical (unpaired) electrons. The van der Waals surface area contributed by atoms with Crippen molar-refractivity contribution in [1.29, 1.82) is 0 Å². The molecule has 0 spiro atoms. The number of nitro benzene ring substituents is 1. The Kier molecular flexibility index (Phi) is 5.48. The molecule has 0 fully saturated rings. The summed E-state index contributed by atoms with van der Waals surface area (Å²) in [5, 5.41) is 16.6. The van der Waals surface area contributed by atoms with Crippen molar-refractivity contribution in [2.45, 2.75) is 13.0 Å². The van der Waals surface area contributed by atoms with Crippen molar-refractivity contribution in [1.82, 2.24) is 0 Å². The van der Waals surface area contributed by atoms with Crippen LogP contribution in [0.1, 0.15) is 17.3 Å². The predicted octanol–water partition coefficient (Wildman–Crippen LogP) is 2.85. The Bertz CT molecular complexity index is 759. The third-order valence-corrected chi connectivity index (χ3v) is 3.74. The van der Waals surface area contributed by atoms with E-state index in [9.17, 15) is 19.7 Å². The molecule has 1 atom stereocenters. The molecule has 126 valence electrons. The molecular formula is C15H14N2O6S. The van der Waals surface area contributed by atoms with E-state index in [-0.39, 0.29) is 17.1 Å². The van der Waals surface area contributed by atoms with Gasteiger partial charge in [-0.15, -0.1) is 0 Å². The molecule has 24 heavy (non-hydrogen) atoms. The monoisotopic (exact) mass is 350 g/mol. The van der Waals surface area contributed by atoms with E-state index in [4.69, 9.17) is 9.47 Å². The third kappa shape index (κ3) is 4.07. The number of methoxy groups -OCH3 is 1. The first kappa shape index (κ1) is 17.4. The number of ether oxygens (including phenoxy) is 2. The second-order valence-electron chi connectivity index (χ2n) is 4.69. The van der Waals surface area contributed by atoms with Gasteiger partial charge in [0.2, 0.25) is 0 Å². The fourth-order valence-corrected chi connectivity index (χ4v) is 2.43. The van der Waals surface area contributed by atoms with Crippen LogP contribution in [0.15, 0.2) is 35.0 Å². The minimum absolute atomic E-state index is 0.120. The van der Waals surface area contributed by atoms with Crippen molar-refractivity contribution in [3.05, 3.63) is 50.7 Å². The summed E-state index contributed by atoms with van der Waals surface area (Å²) in [6.45, 7) is 1.41. The van der Waals surface area contributed by atoms with Crippen LogP contribution >= 0.6 is 11.3 Å². The van der Waals surface area contributed by atoms with Gasteiger partial charge in [-0.1, -0.05) is 0 Å². The quantitative estimate of drug-likeness (QED) is 0.487. The van der Waals surface area contributed by atoms with Crippen LogP contribution in [0.3, 0.4) is 0 Å². The van der Waals surface area contributed by atoms with Crippen molar-refractivity contribution in [3.8, 4) is 5.75 Å². The third-order valence-electron chi connectivity index (χ3n) is 3.06. The van der Waals surface area contributed by atoms with Gasteiger partial charge < -0.3 is 14.8 Å². The Balaban J connectivity index is 2.09. The van der Waals surface area contributed by atoms with Gasteiger partial charge in [-0.3, -0.25) is 14.9 Å². The molecule has 2 rings (SSSR count). The van der Waals surface area contributed by atoms with E-state index in [1.54, 1.807) is 16.8 Å². The van der Waals surface area contributed by atoms with Crippen LogP contribution in [-0.2, 0) is 9.53 Å². The van der Waals surface area contributed by atoms with Crippen LogP contribution in [0, 0.1) is 10.1 Å². The van der Waals surface area contributed by atoms with Gasteiger partial charge in [-0.25, -0.2) is 4.79 Å². The van der Waals surface area contributed by atoms with E-state index in [0.717, 1.165) is 0 Å². The molecule has 9 heteroatoms. The smallest absolute Gasteiger partial charge is 0.339 e. The lowest BCUT2D eigenvalue weighted by atomic mass is 10.2. The number of thiophene rings is 1. The molecule has 8 nitrogen and oxygen atoms in total. The van der Waals surface area contributed by atoms with Crippen LogP contribution in [0.2, 0.25) is 0 Å². The zero-order chi connectivity index (χ0) is 17.7. The molecule has 1 aromatic carbocycles. The van der Waals surface area contributed by atoms with Gasteiger partial charge in [0.1, 0.15) is 5.75 Å². The molecule has 1 heterocycles. The maximum absolute atomic E-state index is 12.2. The maximum atomic E-state index is 12.2. The van der Waals surface area contributed by atoms with Gasteiger partial charge in [0.05, 0.1) is 23.3 Å². The number of non-ortho nitro benzene ring substituents is 1. The highest BCUT2D eigenvalue weighted by atomic mass is 32.1. The molecule has 0 bridgehead atoms. The first-order valence-corrected chi connectivity index (χ1v) is 7.73. The molecule has 0 unspecified atom stereocenters. The minimum Gasteiger partial charge on any atom is -0.495 e. The van der Waals surface area contributed by atoms with Gasteiger partial charge in [0.15, 0.2) is 6.10 Å². The topological polar surface area (TPSA) is 108 Å². The Morgan fingerprint density at radius 3 is 2.67 bits per heavy atom. The van der Waals surface area contributed by atoms with Crippen molar-refractivity contribution in [2.24, 2.45) is 0 Å². The fourth-order valence-electron chi connectivity index (χ4n) is 1.80. The summed E-state index contributed by atoms with van der Waals surface area (Å²) in [5.41, 5.74) is 0.275. The summed E-state index contributed by atoms with van der Waals surface area (Å²) in [5.74, 6) is -0.993. The molecule has 0 aliphatic rings.